The Morgan fingerprint density at radius 2 is 2.57 bits per heavy atom. The summed E-state index contributed by atoms with van der Waals surface area (Å²) in [6, 6.07) is 0. The van der Waals surface area contributed by atoms with Crippen molar-refractivity contribution in [2.24, 2.45) is 0 Å². The van der Waals surface area contributed by atoms with E-state index in [1.807, 2.05) is 11.8 Å². The fraction of sp³-hybridized carbons (Fsp3) is 0.800. The zero-order chi connectivity index (χ0) is 5.11. The summed E-state index contributed by atoms with van der Waals surface area (Å²) in [7, 11) is 0. The fourth-order valence-corrected chi connectivity index (χ4v) is 1.38. The molecular weight excluding hydrogens is 106 g/mol. The van der Waals surface area contributed by atoms with Crippen LogP contribution >= 0.6 is 11.8 Å². The van der Waals surface area contributed by atoms with Crippen molar-refractivity contribution < 1.29 is 0 Å². The second kappa shape index (κ2) is 2.58. The van der Waals surface area contributed by atoms with Crippen LogP contribution < -0.4 is 5.32 Å². The van der Waals surface area contributed by atoms with Crippen molar-refractivity contribution >= 4 is 11.8 Å². The fourth-order valence-electron chi connectivity index (χ4n) is 0.595. The molecule has 0 saturated carbocycles. The molecular formula is C5H10NS. The minimum Gasteiger partial charge on any atom is -0.308 e. The molecule has 1 nitrogen and oxygen atoms in total. The highest BCUT2D eigenvalue weighted by atomic mass is 32.2. The van der Waals surface area contributed by atoms with E-state index in [-0.39, 0.29) is 0 Å². The van der Waals surface area contributed by atoms with E-state index in [2.05, 4.69) is 12.2 Å². The summed E-state index contributed by atoms with van der Waals surface area (Å²) in [5, 5.41) is 3.88. The van der Waals surface area contributed by atoms with E-state index < -0.39 is 0 Å². The Morgan fingerprint density at radius 3 is 2.86 bits per heavy atom. The Labute approximate surface area is 48.9 Å². The minimum atomic E-state index is 0.640. The standard InChI is InChI=1S/C5H10NS/c1-5-2-3-6-4-7-5/h5-6H,1-4H2. The SMILES string of the molecule is [CH2]C1CCNCS1. The molecule has 1 atom stereocenters. The molecule has 0 aromatic carbocycles. The molecule has 1 fully saturated rings. The van der Waals surface area contributed by atoms with Gasteiger partial charge in [-0.3, -0.25) is 0 Å². The van der Waals surface area contributed by atoms with Crippen LogP contribution in [0.2, 0.25) is 0 Å². The van der Waals surface area contributed by atoms with Gasteiger partial charge in [0.05, 0.1) is 0 Å². The summed E-state index contributed by atoms with van der Waals surface area (Å²) in [6.45, 7) is 5.07. The largest absolute Gasteiger partial charge is 0.308 e. The molecule has 0 aromatic rings. The summed E-state index contributed by atoms with van der Waals surface area (Å²) in [5.74, 6) is 1.09. The van der Waals surface area contributed by atoms with Crippen LogP contribution in [0.4, 0.5) is 0 Å². The second-order valence-corrected chi connectivity index (χ2v) is 3.01. The number of rotatable bonds is 0. The zero-order valence-corrected chi connectivity index (χ0v) is 5.13. The van der Waals surface area contributed by atoms with Crippen LogP contribution in [0.5, 0.6) is 0 Å². The molecule has 1 unspecified atom stereocenters. The first-order valence-electron chi connectivity index (χ1n) is 2.55. The van der Waals surface area contributed by atoms with Crippen LogP contribution in [0.1, 0.15) is 6.42 Å². The van der Waals surface area contributed by atoms with Crippen LogP contribution in [0, 0.1) is 6.92 Å². The summed E-state index contributed by atoms with van der Waals surface area (Å²) >= 11 is 1.90. The van der Waals surface area contributed by atoms with Gasteiger partial charge in [-0.15, -0.1) is 11.8 Å². The van der Waals surface area contributed by atoms with Gasteiger partial charge in [0, 0.05) is 11.1 Å². The lowest BCUT2D eigenvalue weighted by Gasteiger charge is -2.16. The molecule has 0 aliphatic carbocycles. The summed E-state index contributed by atoms with van der Waals surface area (Å²) in [5.41, 5.74) is 0. The molecule has 1 aliphatic heterocycles. The first kappa shape index (κ1) is 5.45. The van der Waals surface area contributed by atoms with Crippen molar-refractivity contribution in [3.05, 3.63) is 6.92 Å². The minimum absolute atomic E-state index is 0.640. The first-order valence-corrected chi connectivity index (χ1v) is 3.60. The topological polar surface area (TPSA) is 12.0 Å². The quantitative estimate of drug-likeness (QED) is 0.504. The van der Waals surface area contributed by atoms with E-state index in [4.69, 9.17) is 0 Å². The lowest BCUT2D eigenvalue weighted by molar-refractivity contribution is 0.703. The van der Waals surface area contributed by atoms with Crippen molar-refractivity contribution in [2.45, 2.75) is 11.7 Å². The Bertz CT molecular complexity index is 50.0. The predicted molar refractivity (Wildman–Crippen MR) is 34.2 cm³/mol. The second-order valence-electron chi connectivity index (χ2n) is 1.72. The highest BCUT2D eigenvalue weighted by Gasteiger charge is 2.05. The Kier molecular flexibility index (Phi) is 2.00. The third-order valence-electron chi connectivity index (χ3n) is 1.06. The molecule has 1 N–H and O–H groups in total. The van der Waals surface area contributed by atoms with Gasteiger partial charge in [-0.25, -0.2) is 0 Å². The van der Waals surface area contributed by atoms with E-state index in [9.17, 15) is 0 Å². The van der Waals surface area contributed by atoms with Gasteiger partial charge in [0.15, 0.2) is 0 Å². The average molecular weight is 116 g/mol. The molecule has 0 aromatic heterocycles. The Hall–Kier alpha value is 0.310. The number of thioether (sulfide) groups is 1. The number of hydrogen-bond acceptors (Lipinski definition) is 2. The lowest BCUT2D eigenvalue weighted by Crippen LogP contribution is -2.24. The highest BCUT2D eigenvalue weighted by Crippen LogP contribution is 2.14. The maximum Gasteiger partial charge on any atom is 0.0420 e. The lowest BCUT2D eigenvalue weighted by atomic mass is 10.3. The smallest absolute Gasteiger partial charge is 0.0420 e. The molecule has 0 amide bonds. The van der Waals surface area contributed by atoms with Crippen molar-refractivity contribution in [2.75, 3.05) is 12.4 Å². The number of hydrogen-bond donors (Lipinski definition) is 1. The van der Waals surface area contributed by atoms with Gasteiger partial charge in [-0.05, 0) is 19.9 Å². The first-order chi connectivity index (χ1) is 3.39. The normalized spacial score (nSPS) is 33.0. The molecule has 1 rings (SSSR count). The number of nitrogens with one attached hydrogen (secondary N) is 1. The third kappa shape index (κ3) is 1.70. The van der Waals surface area contributed by atoms with Crippen LogP contribution in [-0.2, 0) is 0 Å². The van der Waals surface area contributed by atoms with E-state index in [0.29, 0.717) is 5.25 Å². The van der Waals surface area contributed by atoms with Crippen molar-refractivity contribution in [1.82, 2.24) is 5.32 Å². The van der Waals surface area contributed by atoms with E-state index >= 15 is 0 Å². The van der Waals surface area contributed by atoms with Crippen LogP contribution in [0.15, 0.2) is 0 Å². The molecule has 1 radical (unpaired) electrons. The van der Waals surface area contributed by atoms with Crippen LogP contribution in [-0.4, -0.2) is 17.7 Å². The zero-order valence-electron chi connectivity index (χ0n) is 4.31. The average Bonchev–Trinajstić information content (AvgIpc) is 1.69. The van der Waals surface area contributed by atoms with Gasteiger partial charge in [-0.2, -0.15) is 0 Å². The van der Waals surface area contributed by atoms with E-state index in [1.54, 1.807) is 0 Å². The van der Waals surface area contributed by atoms with Gasteiger partial charge < -0.3 is 5.32 Å². The van der Waals surface area contributed by atoms with Gasteiger partial charge in [0.25, 0.3) is 0 Å². The summed E-state index contributed by atoms with van der Waals surface area (Å²) in [6.07, 6.45) is 1.23. The molecule has 1 saturated heterocycles. The molecule has 1 aliphatic rings. The van der Waals surface area contributed by atoms with E-state index in [1.165, 1.54) is 6.42 Å². The Morgan fingerprint density at radius 1 is 1.71 bits per heavy atom. The molecule has 0 bridgehead atoms. The van der Waals surface area contributed by atoms with Crippen molar-refractivity contribution in [3.63, 3.8) is 0 Å². The summed E-state index contributed by atoms with van der Waals surface area (Å²) in [4.78, 5) is 0. The molecule has 1 heterocycles. The highest BCUT2D eigenvalue weighted by molar-refractivity contribution is 7.99. The van der Waals surface area contributed by atoms with Crippen molar-refractivity contribution in [3.8, 4) is 0 Å². The monoisotopic (exact) mass is 116 g/mol. The predicted octanol–water partition coefficient (Wildman–Crippen LogP) is 0.873. The maximum atomic E-state index is 3.92. The third-order valence-corrected chi connectivity index (χ3v) is 2.14. The van der Waals surface area contributed by atoms with Gasteiger partial charge >= 0.3 is 0 Å². The molecule has 0 spiro atoms. The van der Waals surface area contributed by atoms with Crippen molar-refractivity contribution in [1.29, 1.82) is 0 Å². The van der Waals surface area contributed by atoms with E-state index in [0.717, 1.165) is 12.4 Å². The van der Waals surface area contributed by atoms with Gasteiger partial charge in [-0.1, -0.05) is 0 Å². The molecule has 7 heavy (non-hydrogen) atoms. The van der Waals surface area contributed by atoms with Crippen LogP contribution in [0.3, 0.4) is 0 Å². The van der Waals surface area contributed by atoms with Crippen LogP contribution in [0.25, 0.3) is 0 Å². The maximum absolute atomic E-state index is 3.92. The molecule has 2 heteroatoms. The molecule has 41 valence electrons. The summed E-state index contributed by atoms with van der Waals surface area (Å²) < 4.78 is 0. The van der Waals surface area contributed by atoms with Gasteiger partial charge in [0.2, 0.25) is 0 Å². The Balaban J connectivity index is 2.12. The van der Waals surface area contributed by atoms with Gasteiger partial charge in [0.1, 0.15) is 0 Å².